The van der Waals surface area contributed by atoms with Crippen molar-refractivity contribution in [2.75, 3.05) is 6.61 Å². The van der Waals surface area contributed by atoms with Crippen LogP contribution in [0, 0.1) is 0 Å². The lowest BCUT2D eigenvalue weighted by Gasteiger charge is -2.19. The van der Waals surface area contributed by atoms with Crippen molar-refractivity contribution in [2.24, 2.45) is 0 Å². The molecule has 1 aromatic rings. The number of carbonyl (C=O) groups is 1. The van der Waals surface area contributed by atoms with E-state index in [2.05, 4.69) is 15.9 Å². The molecule has 0 N–H and O–H groups in total. The molecule has 1 heterocycles. The van der Waals surface area contributed by atoms with E-state index >= 15 is 0 Å². The molecule has 0 bridgehead atoms. The summed E-state index contributed by atoms with van der Waals surface area (Å²) in [5.74, 6) is -0.631. The lowest BCUT2D eigenvalue weighted by molar-refractivity contribution is -0.147. The first-order valence-corrected chi connectivity index (χ1v) is 7.17. The summed E-state index contributed by atoms with van der Waals surface area (Å²) >= 11 is 2.79. The Morgan fingerprint density at radius 3 is 2.52 bits per heavy atom. The second-order valence-electron chi connectivity index (χ2n) is 4.33. The van der Waals surface area contributed by atoms with Crippen LogP contribution in [0.5, 0.6) is 0 Å². The molecule has 0 amide bonds. The maximum Gasteiger partial charge on any atom is 0.417 e. The molecule has 0 saturated carbocycles. The Morgan fingerprint density at radius 2 is 2.05 bits per heavy atom. The molecule has 0 aromatic carbocycles. The second-order valence-corrected chi connectivity index (χ2v) is 5.19. The molecule has 8 heteroatoms. The van der Waals surface area contributed by atoms with E-state index in [1.807, 2.05) is 0 Å². The zero-order valence-corrected chi connectivity index (χ0v) is 13.1. The summed E-state index contributed by atoms with van der Waals surface area (Å²) in [5, 5.41) is 0. The summed E-state index contributed by atoms with van der Waals surface area (Å²) in [6, 6.07) is -0.451. The number of rotatable bonds is 5. The first-order valence-electron chi connectivity index (χ1n) is 6.37. The molecular weight excluding hydrogens is 355 g/mol. The van der Waals surface area contributed by atoms with E-state index in [-0.39, 0.29) is 11.1 Å². The molecule has 0 aliphatic heterocycles. The summed E-state index contributed by atoms with van der Waals surface area (Å²) in [7, 11) is 0. The molecule has 0 radical (unpaired) electrons. The molecule has 1 rings (SSSR count). The molecule has 0 spiro atoms. The highest BCUT2D eigenvalue weighted by atomic mass is 79.9. The van der Waals surface area contributed by atoms with Crippen molar-refractivity contribution < 1.29 is 22.7 Å². The molecule has 0 saturated heterocycles. The molecule has 1 atom stereocenters. The van der Waals surface area contributed by atoms with Gasteiger partial charge in [0.25, 0.3) is 5.56 Å². The molecule has 0 aliphatic rings. The Balaban J connectivity index is 3.31. The van der Waals surface area contributed by atoms with Gasteiger partial charge in [-0.05, 0) is 29.3 Å². The predicted molar refractivity (Wildman–Crippen MR) is 74.0 cm³/mol. The largest absolute Gasteiger partial charge is 0.464 e. The molecule has 0 fully saturated rings. The first kappa shape index (κ1) is 17.7. The Bertz CT molecular complexity index is 569. The highest BCUT2D eigenvalue weighted by molar-refractivity contribution is 9.10. The second kappa shape index (κ2) is 7.11. The van der Waals surface area contributed by atoms with Crippen LogP contribution < -0.4 is 5.56 Å². The van der Waals surface area contributed by atoms with Crippen molar-refractivity contribution in [3.8, 4) is 0 Å². The van der Waals surface area contributed by atoms with Gasteiger partial charge in [-0.2, -0.15) is 13.2 Å². The summed E-state index contributed by atoms with van der Waals surface area (Å²) in [6.45, 7) is 3.55. The van der Waals surface area contributed by atoms with Crippen LogP contribution in [0.15, 0.2) is 21.5 Å². The van der Waals surface area contributed by atoms with E-state index in [9.17, 15) is 22.8 Å². The molecule has 1 unspecified atom stereocenters. The van der Waals surface area contributed by atoms with Crippen molar-refractivity contribution in [1.82, 2.24) is 4.57 Å². The van der Waals surface area contributed by atoms with E-state index in [1.165, 1.54) is 0 Å². The minimum Gasteiger partial charge on any atom is -0.464 e. The van der Waals surface area contributed by atoms with Gasteiger partial charge in [-0.15, -0.1) is 0 Å². The van der Waals surface area contributed by atoms with Gasteiger partial charge in [-0.1, -0.05) is 13.3 Å². The van der Waals surface area contributed by atoms with E-state index in [0.29, 0.717) is 18.9 Å². The zero-order chi connectivity index (χ0) is 16.2. The van der Waals surface area contributed by atoms with E-state index < -0.39 is 29.3 Å². The maximum absolute atomic E-state index is 12.7. The summed E-state index contributed by atoms with van der Waals surface area (Å²) in [5.41, 5.74) is -1.96. The van der Waals surface area contributed by atoms with Crippen molar-refractivity contribution in [3.63, 3.8) is 0 Å². The molecule has 21 heavy (non-hydrogen) atoms. The van der Waals surface area contributed by atoms with Gasteiger partial charge in [0.15, 0.2) is 0 Å². The Hall–Kier alpha value is -1.31. The van der Waals surface area contributed by atoms with Crippen LogP contribution in [0.2, 0.25) is 0 Å². The van der Waals surface area contributed by atoms with Crippen LogP contribution in [0.3, 0.4) is 0 Å². The molecule has 1 aromatic heterocycles. The number of carbonyl (C=O) groups excluding carboxylic acids is 1. The first-order chi connectivity index (χ1) is 9.72. The normalized spacial score (nSPS) is 13.0. The fourth-order valence-electron chi connectivity index (χ4n) is 1.87. The highest BCUT2D eigenvalue weighted by Gasteiger charge is 2.34. The van der Waals surface area contributed by atoms with Crippen molar-refractivity contribution in [1.29, 1.82) is 0 Å². The zero-order valence-electron chi connectivity index (χ0n) is 11.5. The lowest BCUT2D eigenvalue weighted by Crippen LogP contribution is -2.31. The summed E-state index contributed by atoms with van der Waals surface area (Å²) < 4.78 is 43.7. The quantitative estimate of drug-likeness (QED) is 0.745. The Morgan fingerprint density at radius 1 is 1.43 bits per heavy atom. The van der Waals surface area contributed by atoms with Gasteiger partial charge in [0.05, 0.1) is 12.2 Å². The fraction of sp³-hybridized carbons (Fsp3) is 0.538. The number of halogens is 4. The van der Waals surface area contributed by atoms with Gasteiger partial charge in [0, 0.05) is 16.7 Å². The van der Waals surface area contributed by atoms with Gasteiger partial charge in [0.2, 0.25) is 0 Å². The van der Waals surface area contributed by atoms with Gasteiger partial charge in [-0.25, -0.2) is 4.79 Å². The van der Waals surface area contributed by atoms with Crippen molar-refractivity contribution >= 4 is 21.9 Å². The molecule has 4 nitrogen and oxygen atoms in total. The average Bonchev–Trinajstić information content (AvgIpc) is 2.37. The Kier molecular flexibility index (Phi) is 6.00. The minimum absolute atomic E-state index is 0.135. The number of aromatic nitrogens is 1. The minimum atomic E-state index is -4.64. The number of alkyl halides is 3. The average molecular weight is 370 g/mol. The van der Waals surface area contributed by atoms with E-state index in [0.717, 1.165) is 10.8 Å². The standard InChI is InChI=1S/C13H15BrF3NO3/c1-3-5-10(12(20)21-4-2)18-7-9(14)8(6-11(18)19)13(15,16)17/h6-7,10H,3-5H2,1-2H3. The SMILES string of the molecule is CCCC(C(=O)OCC)n1cc(Br)c(C(F)(F)F)cc1=O. The number of pyridine rings is 1. The molecule has 118 valence electrons. The Labute approximate surface area is 128 Å². The van der Waals surface area contributed by atoms with E-state index in [4.69, 9.17) is 4.74 Å². The summed E-state index contributed by atoms with van der Waals surface area (Å²) in [4.78, 5) is 23.8. The van der Waals surface area contributed by atoms with Crippen LogP contribution in [-0.2, 0) is 15.7 Å². The molecule has 0 aliphatic carbocycles. The number of hydrogen-bond donors (Lipinski definition) is 0. The van der Waals surface area contributed by atoms with Gasteiger partial charge in [-0.3, -0.25) is 4.79 Å². The van der Waals surface area contributed by atoms with E-state index in [1.54, 1.807) is 13.8 Å². The number of esters is 1. The smallest absolute Gasteiger partial charge is 0.417 e. The topological polar surface area (TPSA) is 48.3 Å². The monoisotopic (exact) mass is 369 g/mol. The third-order valence-electron chi connectivity index (χ3n) is 2.79. The number of ether oxygens (including phenoxy) is 1. The summed E-state index contributed by atoms with van der Waals surface area (Å²) in [6.07, 6.45) is -2.77. The third kappa shape index (κ3) is 4.33. The fourth-order valence-corrected chi connectivity index (χ4v) is 2.43. The van der Waals surface area contributed by atoms with Crippen LogP contribution in [0.25, 0.3) is 0 Å². The van der Waals surface area contributed by atoms with Gasteiger partial charge >= 0.3 is 12.1 Å². The number of hydrogen-bond acceptors (Lipinski definition) is 3. The lowest BCUT2D eigenvalue weighted by atomic mass is 10.1. The molecular formula is C13H15BrF3NO3. The number of nitrogens with zero attached hydrogens (tertiary/aromatic N) is 1. The third-order valence-corrected chi connectivity index (χ3v) is 3.43. The van der Waals surface area contributed by atoms with Crippen LogP contribution >= 0.6 is 15.9 Å². The van der Waals surface area contributed by atoms with Crippen LogP contribution in [0.4, 0.5) is 13.2 Å². The maximum atomic E-state index is 12.7. The van der Waals surface area contributed by atoms with Crippen LogP contribution in [0.1, 0.15) is 38.3 Å². The van der Waals surface area contributed by atoms with Gasteiger partial charge < -0.3 is 9.30 Å². The van der Waals surface area contributed by atoms with Gasteiger partial charge in [0.1, 0.15) is 6.04 Å². The van der Waals surface area contributed by atoms with Crippen molar-refractivity contribution in [2.45, 2.75) is 38.9 Å². The predicted octanol–water partition coefficient (Wildman–Crippen LogP) is 3.53. The highest BCUT2D eigenvalue weighted by Crippen LogP contribution is 2.34. The van der Waals surface area contributed by atoms with Crippen molar-refractivity contribution in [3.05, 3.63) is 32.7 Å². The van der Waals surface area contributed by atoms with Crippen LogP contribution in [-0.4, -0.2) is 17.1 Å².